The molecule has 0 unspecified atom stereocenters. The van der Waals surface area contributed by atoms with Gasteiger partial charge in [0, 0.05) is 17.8 Å². The number of aromatic nitrogens is 2. The number of amides is 2. The number of hydrogen-bond acceptors (Lipinski definition) is 5. The number of hydrogen-bond donors (Lipinski definition) is 2. The molecule has 0 saturated heterocycles. The van der Waals surface area contributed by atoms with E-state index in [-0.39, 0.29) is 17.5 Å². The summed E-state index contributed by atoms with van der Waals surface area (Å²) in [6.45, 7) is 1.94. The van der Waals surface area contributed by atoms with Crippen LogP contribution in [0.1, 0.15) is 30.3 Å². The SMILES string of the molecule is CCCC(=O)Nc1cccc(NC(=O)c2cnsn2)c1. The molecular formula is C13H14N4O2S. The molecular weight excluding hydrogens is 276 g/mol. The summed E-state index contributed by atoms with van der Waals surface area (Å²) in [5.41, 5.74) is 1.52. The quantitative estimate of drug-likeness (QED) is 0.886. The van der Waals surface area contributed by atoms with Crippen molar-refractivity contribution < 1.29 is 9.59 Å². The molecule has 104 valence electrons. The number of benzene rings is 1. The predicted octanol–water partition coefficient (Wildman–Crippen LogP) is 2.53. The lowest BCUT2D eigenvalue weighted by Gasteiger charge is -2.07. The van der Waals surface area contributed by atoms with Gasteiger partial charge in [0.05, 0.1) is 17.9 Å². The first kappa shape index (κ1) is 14.1. The van der Waals surface area contributed by atoms with Gasteiger partial charge < -0.3 is 10.6 Å². The molecule has 0 atom stereocenters. The molecule has 1 aromatic heterocycles. The van der Waals surface area contributed by atoms with E-state index in [1.54, 1.807) is 24.3 Å². The van der Waals surface area contributed by atoms with E-state index in [2.05, 4.69) is 19.4 Å². The van der Waals surface area contributed by atoms with Crippen molar-refractivity contribution in [1.82, 2.24) is 8.75 Å². The van der Waals surface area contributed by atoms with Crippen LogP contribution in [0, 0.1) is 0 Å². The van der Waals surface area contributed by atoms with Gasteiger partial charge in [-0.05, 0) is 24.6 Å². The van der Waals surface area contributed by atoms with Gasteiger partial charge in [0.1, 0.15) is 0 Å². The summed E-state index contributed by atoms with van der Waals surface area (Å²) in [4.78, 5) is 23.3. The smallest absolute Gasteiger partial charge is 0.277 e. The second-order valence-corrected chi connectivity index (χ2v) is 4.68. The molecule has 0 spiro atoms. The molecule has 2 amide bonds. The number of anilines is 2. The number of carbonyl (C=O) groups is 2. The maximum absolute atomic E-state index is 11.8. The molecule has 0 radical (unpaired) electrons. The van der Waals surface area contributed by atoms with Crippen molar-refractivity contribution in [2.45, 2.75) is 19.8 Å². The van der Waals surface area contributed by atoms with Crippen molar-refractivity contribution >= 4 is 34.9 Å². The summed E-state index contributed by atoms with van der Waals surface area (Å²) in [6.07, 6.45) is 2.67. The minimum absolute atomic E-state index is 0.0420. The van der Waals surface area contributed by atoms with Crippen LogP contribution in [0.4, 0.5) is 11.4 Å². The highest BCUT2D eigenvalue weighted by Gasteiger charge is 2.09. The third kappa shape index (κ3) is 3.86. The third-order valence-electron chi connectivity index (χ3n) is 2.48. The average molecular weight is 290 g/mol. The summed E-state index contributed by atoms with van der Waals surface area (Å²) < 4.78 is 7.63. The van der Waals surface area contributed by atoms with Crippen LogP contribution in [0.3, 0.4) is 0 Å². The Hall–Kier alpha value is -2.28. The molecule has 2 aromatic rings. The fourth-order valence-electron chi connectivity index (χ4n) is 1.59. The van der Waals surface area contributed by atoms with Gasteiger partial charge in [0.25, 0.3) is 5.91 Å². The Morgan fingerprint density at radius 1 is 1.25 bits per heavy atom. The zero-order valence-corrected chi connectivity index (χ0v) is 11.7. The van der Waals surface area contributed by atoms with Gasteiger partial charge in [-0.25, -0.2) is 0 Å². The molecule has 0 aliphatic rings. The minimum Gasteiger partial charge on any atom is -0.326 e. The molecule has 0 fully saturated rings. The molecule has 0 aliphatic heterocycles. The van der Waals surface area contributed by atoms with Gasteiger partial charge in [-0.3, -0.25) is 9.59 Å². The second kappa shape index (κ2) is 6.76. The molecule has 0 saturated carbocycles. The van der Waals surface area contributed by atoms with Crippen molar-refractivity contribution in [3.63, 3.8) is 0 Å². The monoisotopic (exact) mass is 290 g/mol. The van der Waals surface area contributed by atoms with Gasteiger partial charge in [-0.2, -0.15) is 8.75 Å². The Bertz CT molecular complexity index is 598. The van der Waals surface area contributed by atoms with E-state index in [0.717, 1.165) is 18.1 Å². The summed E-state index contributed by atoms with van der Waals surface area (Å²) in [6, 6.07) is 6.97. The van der Waals surface area contributed by atoms with Crippen molar-refractivity contribution in [3.05, 3.63) is 36.2 Å². The summed E-state index contributed by atoms with van der Waals surface area (Å²) in [7, 11) is 0. The first-order valence-electron chi connectivity index (χ1n) is 6.18. The van der Waals surface area contributed by atoms with E-state index >= 15 is 0 Å². The van der Waals surface area contributed by atoms with Gasteiger partial charge >= 0.3 is 0 Å². The first-order chi connectivity index (χ1) is 9.69. The predicted molar refractivity (Wildman–Crippen MR) is 77.8 cm³/mol. The lowest BCUT2D eigenvalue weighted by molar-refractivity contribution is -0.116. The molecule has 2 N–H and O–H groups in total. The second-order valence-electron chi connectivity index (χ2n) is 4.13. The van der Waals surface area contributed by atoms with Gasteiger partial charge in [-0.1, -0.05) is 13.0 Å². The van der Waals surface area contributed by atoms with Crippen molar-refractivity contribution in [2.24, 2.45) is 0 Å². The van der Waals surface area contributed by atoms with Crippen LogP contribution in [0.5, 0.6) is 0 Å². The summed E-state index contributed by atoms with van der Waals surface area (Å²) in [5, 5.41) is 5.48. The number of carbonyl (C=O) groups excluding carboxylic acids is 2. The Morgan fingerprint density at radius 2 is 2.00 bits per heavy atom. The highest BCUT2D eigenvalue weighted by atomic mass is 32.1. The molecule has 2 rings (SSSR count). The van der Waals surface area contributed by atoms with Crippen molar-refractivity contribution in [2.75, 3.05) is 10.6 Å². The van der Waals surface area contributed by atoms with Crippen LogP contribution < -0.4 is 10.6 Å². The number of nitrogens with one attached hydrogen (secondary N) is 2. The fourth-order valence-corrected chi connectivity index (χ4v) is 2.00. The highest BCUT2D eigenvalue weighted by Crippen LogP contribution is 2.16. The van der Waals surface area contributed by atoms with Crippen LogP contribution >= 0.6 is 11.7 Å². The lowest BCUT2D eigenvalue weighted by atomic mass is 10.2. The minimum atomic E-state index is -0.323. The van der Waals surface area contributed by atoms with E-state index in [4.69, 9.17) is 0 Å². The standard InChI is InChI=1S/C13H14N4O2S/c1-2-4-12(18)15-9-5-3-6-10(7-9)16-13(19)11-8-14-20-17-11/h3,5-8H,2,4H2,1H3,(H,15,18)(H,16,19). The maximum Gasteiger partial charge on any atom is 0.277 e. The van der Waals surface area contributed by atoms with E-state index in [9.17, 15) is 9.59 Å². The largest absolute Gasteiger partial charge is 0.326 e. The molecule has 20 heavy (non-hydrogen) atoms. The molecule has 1 heterocycles. The summed E-state index contributed by atoms with van der Waals surface area (Å²) >= 11 is 0.978. The average Bonchev–Trinajstić information content (AvgIpc) is 2.93. The lowest BCUT2D eigenvalue weighted by Crippen LogP contribution is -2.13. The van der Waals surface area contributed by atoms with Crippen LogP contribution in [-0.2, 0) is 4.79 Å². The zero-order chi connectivity index (χ0) is 14.4. The van der Waals surface area contributed by atoms with Crippen molar-refractivity contribution in [3.8, 4) is 0 Å². The van der Waals surface area contributed by atoms with E-state index < -0.39 is 0 Å². The first-order valence-corrected chi connectivity index (χ1v) is 6.91. The Balaban J connectivity index is 2.02. The number of rotatable bonds is 5. The van der Waals surface area contributed by atoms with E-state index in [0.29, 0.717) is 17.8 Å². The summed E-state index contributed by atoms with van der Waals surface area (Å²) in [5.74, 6) is -0.365. The van der Waals surface area contributed by atoms with E-state index in [1.807, 2.05) is 6.92 Å². The zero-order valence-electron chi connectivity index (χ0n) is 10.9. The molecule has 1 aromatic carbocycles. The Labute approximate surface area is 120 Å². The van der Waals surface area contributed by atoms with Crippen LogP contribution in [0.15, 0.2) is 30.5 Å². The molecule has 7 heteroatoms. The molecule has 0 bridgehead atoms. The van der Waals surface area contributed by atoms with E-state index in [1.165, 1.54) is 6.20 Å². The Morgan fingerprint density at radius 3 is 2.65 bits per heavy atom. The highest BCUT2D eigenvalue weighted by molar-refractivity contribution is 6.99. The Kier molecular flexibility index (Phi) is 4.78. The van der Waals surface area contributed by atoms with Crippen LogP contribution in [0.2, 0.25) is 0 Å². The van der Waals surface area contributed by atoms with Crippen molar-refractivity contribution in [1.29, 1.82) is 0 Å². The van der Waals surface area contributed by atoms with Gasteiger partial charge in [-0.15, -0.1) is 0 Å². The third-order valence-corrected chi connectivity index (χ3v) is 2.95. The van der Waals surface area contributed by atoms with Gasteiger partial charge in [0.15, 0.2) is 5.69 Å². The van der Waals surface area contributed by atoms with Crippen LogP contribution in [-0.4, -0.2) is 20.6 Å². The fraction of sp³-hybridized carbons (Fsp3) is 0.231. The topological polar surface area (TPSA) is 84.0 Å². The molecule has 6 nitrogen and oxygen atoms in total. The van der Waals surface area contributed by atoms with Gasteiger partial charge in [0.2, 0.25) is 5.91 Å². The maximum atomic E-state index is 11.8. The molecule has 0 aliphatic carbocycles. The van der Waals surface area contributed by atoms with Crippen LogP contribution in [0.25, 0.3) is 0 Å². The normalized spacial score (nSPS) is 10.1. The number of nitrogens with zero attached hydrogens (tertiary/aromatic N) is 2.